The van der Waals surface area contributed by atoms with Crippen LogP contribution in [0.5, 0.6) is 11.6 Å². The molecule has 0 saturated heterocycles. The molecular formula is C23H31N5O7S. The number of anilines is 2. The minimum atomic E-state index is -1.63. The van der Waals surface area contributed by atoms with Gasteiger partial charge in [-0.25, -0.2) is 14.5 Å². The molecule has 2 amide bonds. The van der Waals surface area contributed by atoms with E-state index >= 15 is 0 Å². The van der Waals surface area contributed by atoms with Gasteiger partial charge in [-0.2, -0.15) is 4.98 Å². The number of ether oxygens (including phenoxy) is 4. The Hall–Kier alpha value is -3.45. The van der Waals surface area contributed by atoms with E-state index in [1.807, 2.05) is 13.8 Å². The Balaban J connectivity index is 1.84. The molecule has 2 atom stereocenters. The molecule has 13 heteroatoms. The van der Waals surface area contributed by atoms with Crippen molar-refractivity contribution >= 4 is 34.9 Å². The van der Waals surface area contributed by atoms with Crippen molar-refractivity contribution in [2.45, 2.75) is 32.0 Å². The van der Waals surface area contributed by atoms with Crippen LogP contribution < -0.4 is 19.7 Å². The SMILES string of the molecule is CCOC(=O)OCCN(C)C(=O)N1c2nc(OC)ccc2NC1[S+]([O-])Cc1ncc(C)c(OC)c1C. The first-order chi connectivity index (χ1) is 17.2. The standard InChI is InChI=1S/C23H31N5O7S/c1-7-34-23(30)35-11-10-27(4)22(29)28-20-16(8-9-18(26-20)32-5)25-21(28)36(31)13-17-15(3)19(33-6)14(2)12-24-17/h8-9,12,21,25H,7,10-11,13H2,1-6H3. The number of carbonyl (C=O) groups excluding carboxylic acids is 2. The second kappa shape index (κ2) is 12.0. The number of amides is 2. The van der Waals surface area contributed by atoms with Crippen LogP contribution in [0.2, 0.25) is 0 Å². The maximum atomic E-state index is 13.6. The van der Waals surface area contributed by atoms with Crippen LogP contribution in [0.1, 0.15) is 23.7 Å². The highest BCUT2D eigenvalue weighted by Gasteiger charge is 2.44. The number of fused-ring (bicyclic) bond motifs is 1. The third-order valence-corrected chi connectivity index (χ3v) is 6.90. The predicted molar refractivity (Wildman–Crippen MR) is 134 cm³/mol. The summed E-state index contributed by atoms with van der Waals surface area (Å²) in [6.07, 6.45) is 0.857. The Bertz CT molecular complexity index is 1100. The quantitative estimate of drug-likeness (QED) is 0.387. The first kappa shape index (κ1) is 27.1. The van der Waals surface area contributed by atoms with E-state index in [0.717, 1.165) is 11.1 Å². The number of urea groups is 1. The maximum absolute atomic E-state index is 13.6. The summed E-state index contributed by atoms with van der Waals surface area (Å²) in [7, 11) is 4.59. The van der Waals surface area contributed by atoms with Crippen molar-refractivity contribution in [3.8, 4) is 11.6 Å². The van der Waals surface area contributed by atoms with Crippen LogP contribution in [0.25, 0.3) is 0 Å². The van der Waals surface area contributed by atoms with E-state index in [2.05, 4.69) is 15.3 Å². The molecule has 0 fully saturated rings. The number of aryl methyl sites for hydroxylation is 1. The van der Waals surface area contributed by atoms with E-state index < -0.39 is 28.9 Å². The number of nitrogens with one attached hydrogen (secondary N) is 1. The van der Waals surface area contributed by atoms with Crippen LogP contribution >= 0.6 is 0 Å². The van der Waals surface area contributed by atoms with E-state index in [1.165, 1.54) is 16.9 Å². The van der Waals surface area contributed by atoms with Crippen molar-refractivity contribution in [2.24, 2.45) is 0 Å². The molecule has 0 aromatic carbocycles. The molecule has 2 aromatic heterocycles. The number of aromatic nitrogens is 2. The van der Waals surface area contributed by atoms with Gasteiger partial charge in [0.1, 0.15) is 12.4 Å². The fraction of sp³-hybridized carbons (Fsp3) is 0.478. The lowest BCUT2D eigenvalue weighted by Crippen LogP contribution is -2.51. The number of pyridine rings is 2. The molecule has 2 unspecified atom stereocenters. The summed E-state index contributed by atoms with van der Waals surface area (Å²) < 4.78 is 34.0. The minimum absolute atomic E-state index is 0.0687. The summed E-state index contributed by atoms with van der Waals surface area (Å²) in [5, 5.41) is 3.14. The van der Waals surface area contributed by atoms with E-state index in [1.54, 1.807) is 39.4 Å². The van der Waals surface area contributed by atoms with Gasteiger partial charge in [-0.3, -0.25) is 4.98 Å². The molecule has 1 aliphatic heterocycles. The fourth-order valence-corrected chi connectivity index (χ4v) is 5.06. The fourth-order valence-electron chi connectivity index (χ4n) is 3.66. The monoisotopic (exact) mass is 521 g/mol. The van der Waals surface area contributed by atoms with Gasteiger partial charge in [0, 0.05) is 30.4 Å². The van der Waals surface area contributed by atoms with Crippen molar-refractivity contribution < 1.29 is 33.1 Å². The van der Waals surface area contributed by atoms with Crippen LogP contribution in [-0.2, 0) is 26.4 Å². The van der Waals surface area contributed by atoms with Gasteiger partial charge in [-0.1, -0.05) is 0 Å². The van der Waals surface area contributed by atoms with Crippen molar-refractivity contribution in [1.29, 1.82) is 0 Å². The molecule has 1 aliphatic rings. The second-order valence-corrected chi connectivity index (χ2v) is 9.39. The Morgan fingerprint density at radius 3 is 2.64 bits per heavy atom. The highest BCUT2D eigenvalue weighted by Crippen LogP contribution is 2.38. The summed E-state index contributed by atoms with van der Waals surface area (Å²) in [6, 6.07) is 2.87. The molecule has 3 heterocycles. The summed E-state index contributed by atoms with van der Waals surface area (Å²) in [4.78, 5) is 36.4. The lowest BCUT2D eigenvalue weighted by molar-refractivity contribution is 0.0552. The molecule has 0 spiro atoms. The molecular weight excluding hydrogens is 490 g/mol. The van der Waals surface area contributed by atoms with Gasteiger partial charge in [0.25, 0.3) is 5.50 Å². The zero-order valence-corrected chi connectivity index (χ0v) is 22.0. The molecule has 12 nitrogen and oxygen atoms in total. The van der Waals surface area contributed by atoms with Gasteiger partial charge in [0.05, 0.1) is 38.8 Å². The van der Waals surface area contributed by atoms with Gasteiger partial charge in [0.2, 0.25) is 5.88 Å². The van der Waals surface area contributed by atoms with Crippen LogP contribution in [-0.4, -0.2) is 78.1 Å². The van der Waals surface area contributed by atoms with Crippen LogP contribution in [0, 0.1) is 13.8 Å². The number of nitrogens with zero attached hydrogens (tertiary/aromatic N) is 4. The van der Waals surface area contributed by atoms with E-state index in [0.29, 0.717) is 23.0 Å². The van der Waals surface area contributed by atoms with Crippen molar-refractivity contribution in [3.63, 3.8) is 0 Å². The number of hydrogen-bond acceptors (Lipinski definition) is 10. The molecule has 0 saturated carbocycles. The maximum Gasteiger partial charge on any atom is 0.508 e. The van der Waals surface area contributed by atoms with Crippen LogP contribution in [0.4, 0.5) is 21.1 Å². The first-order valence-electron chi connectivity index (χ1n) is 11.2. The Kier molecular flexibility index (Phi) is 9.04. The Labute approximate surface area is 213 Å². The van der Waals surface area contributed by atoms with Crippen LogP contribution in [0.3, 0.4) is 0 Å². The van der Waals surface area contributed by atoms with E-state index in [9.17, 15) is 14.1 Å². The van der Waals surface area contributed by atoms with Gasteiger partial charge in [-0.05, 0) is 38.0 Å². The minimum Gasteiger partial charge on any atom is -0.613 e. The van der Waals surface area contributed by atoms with Gasteiger partial charge < -0.3 is 33.7 Å². The van der Waals surface area contributed by atoms with Crippen molar-refractivity contribution in [2.75, 3.05) is 51.2 Å². The number of hydrogen-bond donors (Lipinski definition) is 1. The first-order valence-corrected chi connectivity index (χ1v) is 12.6. The molecule has 0 bridgehead atoms. The molecule has 36 heavy (non-hydrogen) atoms. The predicted octanol–water partition coefficient (Wildman–Crippen LogP) is 2.80. The molecule has 2 aromatic rings. The number of likely N-dealkylation sites (N-methyl/N-ethyl adjacent to an activating group) is 1. The molecule has 3 rings (SSSR count). The second-order valence-electron chi connectivity index (χ2n) is 7.90. The molecule has 0 aliphatic carbocycles. The molecule has 1 N–H and O–H groups in total. The third-order valence-electron chi connectivity index (χ3n) is 5.52. The van der Waals surface area contributed by atoms with Crippen molar-refractivity contribution in [3.05, 3.63) is 35.2 Å². The van der Waals surface area contributed by atoms with Crippen LogP contribution in [0.15, 0.2) is 18.3 Å². The lowest BCUT2D eigenvalue weighted by Gasteiger charge is -2.29. The summed E-state index contributed by atoms with van der Waals surface area (Å²) in [6.45, 7) is 5.61. The normalized spacial score (nSPS) is 15.0. The van der Waals surface area contributed by atoms with Crippen molar-refractivity contribution in [1.82, 2.24) is 14.9 Å². The zero-order chi connectivity index (χ0) is 26.4. The van der Waals surface area contributed by atoms with Gasteiger partial charge in [-0.15, -0.1) is 0 Å². The number of methoxy groups -OCH3 is 2. The van der Waals surface area contributed by atoms with E-state index in [4.69, 9.17) is 18.9 Å². The average Bonchev–Trinajstić information content (AvgIpc) is 3.24. The summed E-state index contributed by atoms with van der Waals surface area (Å²) >= 11 is -1.63. The van der Waals surface area contributed by atoms with Gasteiger partial charge in [0.15, 0.2) is 11.6 Å². The number of carbonyl (C=O) groups is 2. The van der Waals surface area contributed by atoms with Gasteiger partial charge >= 0.3 is 12.2 Å². The Morgan fingerprint density at radius 2 is 1.97 bits per heavy atom. The highest BCUT2D eigenvalue weighted by atomic mass is 32.2. The van der Waals surface area contributed by atoms with E-state index in [-0.39, 0.29) is 31.3 Å². The molecule has 196 valence electrons. The lowest BCUT2D eigenvalue weighted by atomic mass is 10.1. The largest absolute Gasteiger partial charge is 0.613 e. The smallest absolute Gasteiger partial charge is 0.508 e. The molecule has 0 radical (unpaired) electrons. The summed E-state index contributed by atoms with van der Waals surface area (Å²) in [5.41, 5.74) is 1.87. The zero-order valence-electron chi connectivity index (χ0n) is 21.2. The number of rotatable bonds is 9. The highest BCUT2D eigenvalue weighted by molar-refractivity contribution is 7.91. The topological polar surface area (TPSA) is 138 Å². The summed E-state index contributed by atoms with van der Waals surface area (Å²) in [5.74, 6) is 1.33. The average molecular weight is 522 g/mol. The third kappa shape index (κ3) is 5.85. The Morgan fingerprint density at radius 1 is 1.22 bits per heavy atom.